The zero-order valence-electron chi connectivity index (χ0n) is 15.2. The highest BCUT2D eigenvalue weighted by molar-refractivity contribution is 9.10. The van der Waals surface area contributed by atoms with Gasteiger partial charge in [-0.15, -0.1) is 0 Å². The Hall–Kier alpha value is -1.55. The van der Waals surface area contributed by atoms with Crippen LogP contribution >= 0.6 is 39.3 Å². The van der Waals surface area contributed by atoms with Crippen molar-refractivity contribution in [3.8, 4) is 0 Å². The summed E-state index contributed by atoms with van der Waals surface area (Å²) in [5, 5.41) is 10.4. The lowest BCUT2D eigenvalue weighted by Gasteiger charge is -2.11. The Kier molecular flexibility index (Phi) is 5.43. The second-order valence-electron chi connectivity index (χ2n) is 6.91. The molecule has 3 aromatic rings. The van der Waals surface area contributed by atoms with Gasteiger partial charge in [-0.05, 0) is 46.6 Å². The van der Waals surface area contributed by atoms with Crippen LogP contribution in [0.25, 0.3) is 11.0 Å². The summed E-state index contributed by atoms with van der Waals surface area (Å²) in [6, 6.07) is 7.00. The number of aryl methyl sites for hydroxylation is 1. The minimum Gasteiger partial charge on any atom is -0.481 e. The first-order valence-corrected chi connectivity index (χ1v) is 12.6. The number of benzene rings is 1. The molecule has 0 amide bonds. The zero-order chi connectivity index (χ0) is 20.9. The van der Waals surface area contributed by atoms with E-state index in [2.05, 4.69) is 20.9 Å². The standard InChI is InChI=1S/C19H16BrClN2O4S2/c1-29(26,27)14-4-6-22-19-16(14)18(28-11-2-3-12(20)13(21)9-11)17-10(8-15(24)25)5-7-23(17)19/h2-4,6,9-10H,5,7-8H2,1H3,(H,24,25). The Labute approximate surface area is 185 Å². The maximum Gasteiger partial charge on any atom is 0.304 e. The molecule has 0 saturated carbocycles. The Morgan fingerprint density at radius 2 is 2.17 bits per heavy atom. The van der Waals surface area contributed by atoms with E-state index in [4.69, 9.17) is 11.6 Å². The van der Waals surface area contributed by atoms with Crippen molar-refractivity contribution in [1.82, 2.24) is 9.55 Å². The van der Waals surface area contributed by atoms with Crippen LogP contribution in [-0.4, -0.2) is 35.3 Å². The molecule has 10 heteroatoms. The van der Waals surface area contributed by atoms with Crippen molar-refractivity contribution in [2.75, 3.05) is 6.26 Å². The summed E-state index contributed by atoms with van der Waals surface area (Å²) in [5.74, 6) is -1.09. The van der Waals surface area contributed by atoms with Crippen LogP contribution in [0.2, 0.25) is 5.02 Å². The van der Waals surface area contributed by atoms with Crippen molar-refractivity contribution >= 4 is 66.1 Å². The largest absolute Gasteiger partial charge is 0.481 e. The van der Waals surface area contributed by atoms with Crippen LogP contribution in [0.4, 0.5) is 0 Å². The Morgan fingerprint density at radius 1 is 1.41 bits per heavy atom. The predicted molar refractivity (Wildman–Crippen MR) is 116 cm³/mol. The normalized spacial score (nSPS) is 16.3. The SMILES string of the molecule is CS(=O)(=O)c1ccnc2c1c(Sc1ccc(Br)c(Cl)c1)c1n2CCC1CC(=O)O. The lowest BCUT2D eigenvalue weighted by molar-refractivity contribution is -0.137. The molecule has 1 aliphatic heterocycles. The Bertz CT molecular complexity index is 1260. The van der Waals surface area contributed by atoms with Gasteiger partial charge in [0.2, 0.25) is 0 Å². The number of hydrogen-bond acceptors (Lipinski definition) is 5. The summed E-state index contributed by atoms with van der Waals surface area (Å²) in [6.45, 7) is 0.603. The van der Waals surface area contributed by atoms with Crippen molar-refractivity contribution in [3.63, 3.8) is 0 Å². The summed E-state index contributed by atoms with van der Waals surface area (Å²) in [6.07, 6.45) is 3.32. The summed E-state index contributed by atoms with van der Waals surface area (Å²) in [4.78, 5) is 17.6. The molecular weight excluding hydrogens is 500 g/mol. The van der Waals surface area contributed by atoms with Crippen molar-refractivity contribution in [1.29, 1.82) is 0 Å². The number of aliphatic carboxylic acids is 1. The molecule has 4 rings (SSSR count). The molecule has 2 aromatic heterocycles. The van der Waals surface area contributed by atoms with E-state index in [1.54, 1.807) is 6.07 Å². The van der Waals surface area contributed by atoms with Crippen molar-refractivity contribution in [3.05, 3.63) is 45.7 Å². The summed E-state index contributed by atoms with van der Waals surface area (Å²) in [7, 11) is -3.50. The predicted octanol–water partition coefficient (Wildman–Crippen LogP) is 4.97. The number of pyridine rings is 1. The van der Waals surface area contributed by atoms with E-state index in [-0.39, 0.29) is 17.2 Å². The van der Waals surface area contributed by atoms with E-state index in [0.29, 0.717) is 29.0 Å². The van der Waals surface area contributed by atoms with E-state index < -0.39 is 15.8 Å². The first kappa shape index (κ1) is 20.7. The van der Waals surface area contributed by atoms with Crippen LogP contribution < -0.4 is 0 Å². The molecule has 0 aliphatic carbocycles. The average molecular weight is 516 g/mol. The van der Waals surface area contributed by atoms with Gasteiger partial charge in [0.25, 0.3) is 0 Å². The number of sulfone groups is 1. The monoisotopic (exact) mass is 514 g/mol. The molecule has 0 saturated heterocycles. The second-order valence-corrected chi connectivity index (χ2v) is 11.2. The fourth-order valence-corrected chi connectivity index (χ4v) is 6.41. The fourth-order valence-electron chi connectivity index (χ4n) is 3.75. The van der Waals surface area contributed by atoms with Gasteiger partial charge in [-0.2, -0.15) is 0 Å². The molecule has 1 N–H and O–H groups in total. The highest BCUT2D eigenvalue weighted by Gasteiger charge is 2.34. The van der Waals surface area contributed by atoms with Crippen LogP contribution in [0, 0.1) is 0 Å². The van der Waals surface area contributed by atoms with Crippen LogP contribution in [0.1, 0.15) is 24.5 Å². The van der Waals surface area contributed by atoms with Gasteiger partial charge in [0.1, 0.15) is 5.65 Å². The first-order chi connectivity index (χ1) is 13.7. The van der Waals surface area contributed by atoms with Gasteiger partial charge in [0, 0.05) is 44.9 Å². The number of carboxylic acids is 1. The van der Waals surface area contributed by atoms with E-state index in [1.165, 1.54) is 30.3 Å². The lowest BCUT2D eigenvalue weighted by Crippen LogP contribution is -2.04. The fraction of sp³-hybridized carbons (Fsp3) is 0.263. The number of nitrogens with zero attached hydrogens (tertiary/aromatic N) is 2. The summed E-state index contributed by atoms with van der Waals surface area (Å²) in [5.41, 5.74) is 1.40. The molecule has 0 radical (unpaired) electrons. The van der Waals surface area contributed by atoms with Gasteiger partial charge in [-0.25, -0.2) is 13.4 Å². The summed E-state index contributed by atoms with van der Waals surface area (Å²) >= 11 is 11.0. The van der Waals surface area contributed by atoms with Gasteiger partial charge in [-0.3, -0.25) is 4.79 Å². The summed E-state index contributed by atoms with van der Waals surface area (Å²) < 4.78 is 27.7. The third-order valence-corrected chi connectivity index (χ3v) is 8.40. The van der Waals surface area contributed by atoms with Crippen molar-refractivity contribution in [2.24, 2.45) is 0 Å². The molecule has 152 valence electrons. The van der Waals surface area contributed by atoms with Gasteiger partial charge in [0.15, 0.2) is 9.84 Å². The highest BCUT2D eigenvalue weighted by atomic mass is 79.9. The van der Waals surface area contributed by atoms with E-state index in [0.717, 1.165) is 20.0 Å². The van der Waals surface area contributed by atoms with Gasteiger partial charge < -0.3 is 9.67 Å². The third-order valence-electron chi connectivity index (χ3n) is 4.92. The molecule has 6 nitrogen and oxygen atoms in total. The molecule has 0 bridgehead atoms. The van der Waals surface area contributed by atoms with Gasteiger partial charge in [0.05, 0.1) is 21.7 Å². The molecule has 1 unspecified atom stereocenters. The van der Waals surface area contributed by atoms with Crippen LogP contribution in [0.5, 0.6) is 0 Å². The number of carbonyl (C=O) groups is 1. The minimum atomic E-state index is -3.50. The molecule has 1 atom stereocenters. The third kappa shape index (κ3) is 3.81. The maximum absolute atomic E-state index is 12.5. The number of halogens is 2. The van der Waals surface area contributed by atoms with Crippen molar-refractivity contribution < 1.29 is 18.3 Å². The van der Waals surface area contributed by atoms with Gasteiger partial charge in [-0.1, -0.05) is 23.4 Å². The number of rotatable bonds is 5. The number of aromatic nitrogens is 2. The average Bonchev–Trinajstić information content (AvgIpc) is 3.17. The quantitative estimate of drug-likeness (QED) is 0.516. The first-order valence-electron chi connectivity index (χ1n) is 8.72. The van der Waals surface area contributed by atoms with E-state index in [9.17, 15) is 18.3 Å². The number of hydrogen-bond donors (Lipinski definition) is 1. The molecule has 3 heterocycles. The molecule has 1 aromatic carbocycles. The van der Waals surface area contributed by atoms with Crippen LogP contribution in [0.3, 0.4) is 0 Å². The van der Waals surface area contributed by atoms with E-state index in [1.807, 2.05) is 16.7 Å². The van der Waals surface area contributed by atoms with Gasteiger partial charge >= 0.3 is 5.97 Å². The molecule has 29 heavy (non-hydrogen) atoms. The maximum atomic E-state index is 12.5. The Morgan fingerprint density at radius 3 is 2.83 bits per heavy atom. The smallest absolute Gasteiger partial charge is 0.304 e. The molecule has 0 spiro atoms. The number of fused-ring (bicyclic) bond motifs is 3. The van der Waals surface area contributed by atoms with E-state index >= 15 is 0 Å². The lowest BCUT2D eigenvalue weighted by atomic mass is 10.0. The topological polar surface area (TPSA) is 89.3 Å². The zero-order valence-corrected chi connectivity index (χ0v) is 19.2. The molecule has 1 aliphatic rings. The highest BCUT2D eigenvalue weighted by Crippen LogP contribution is 2.48. The Balaban J connectivity index is 1.99. The molecule has 0 fully saturated rings. The van der Waals surface area contributed by atoms with Crippen molar-refractivity contribution in [2.45, 2.75) is 40.0 Å². The second kappa shape index (κ2) is 7.61. The number of carboxylic acid groups (broad SMARTS) is 1. The van der Waals surface area contributed by atoms with Crippen LogP contribution in [-0.2, 0) is 21.2 Å². The minimum absolute atomic E-state index is 0.0147. The molecular formula is C19H16BrClN2O4S2. The van der Waals surface area contributed by atoms with Crippen LogP contribution in [0.15, 0.2) is 49.6 Å².